The number of nitrogen functional groups attached to an aromatic ring is 2. The number of hydrogen-bond acceptors (Lipinski definition) is 9. The molecule has 8 nitrogen and oxygen atoms in total. The van der Waals surface area contributed by atoms with Gasteiger partial charge in [0.15, 0.2) is 0 Å². The molecule has 0 atom stereocenters. The van der Waals surface area contributed by atoms with Crippen LogP contribution in [-0.4, -0.2) is 19.4 Å². The molecule has 0 spiro atoms. The maximum Gasteiger partial charge on any atom is 0.134 e. The summed E-state index contributed by atoms with van der Waals surface area (Å²) in [4.78, 5) is 0.423. The minimum atomic E-state index is 0. The van der Waals surface area contributed by atoms with Crippen molar-refractivity contribution in [2.45, 2.75) is 4.90 Å². The van der Waals surface area contributed by atoms with Crippen LogP contribution in [0.4, 0.5) is 22.7 Å². The van der Waals surface area contributed by atoms with Crippen LogP contribution in [0.25, 0.3) is 0 Å². The summed E-state index contributed by atoms with van der Waals surface area (Å²) in [6.45, 7) is 0. The Bertz CT molecular complexity index is 467. The van der Waals surface area contributed by atoms with Gasteiger partial charge in [-0.2, -0.15) is 24.8 Å². The number of anilines is 2. The molecule has 18 heavy (non-hydrogen) atoms. The van der Waals surface area contributed by atoms with E-state index in [2.05, 4.69) is 24.8 Å². The van der Waals surface area contributed by atoms with Crippen LogP contribution in [0.5, 0.6) is 0 Å². The van der Waals surface area contributed by atoms with Crippen molar-refractivity contribution in [3.05, 3.63) is 6.07 Å². The molecule has 0 fully saturated rings. The first-order valence-electron chi connectivity index (χ1n) is 4.45. The molecule has 0 aliphatic heterocycles. The van der Waals surface area contributed by atoms with Crippen molar-refractivity contribution in [2.24, 2.45) is 20.5 Å². The summed E-state index contributed by atoms with van der Waals surface area (Å²) in [5, 5.41) is 23.3. The van der Waals surface area contributed by atoms with Crippen LogP contribution in [0.3, 0.4) is 0 Å². The monoisotopic (exact) mass is 345 g/mol. The van der Waals surface area contributed by atoms with Crippen molar-refractivity contribution in [1.82, 2.24) is 0 Å². The third kappa shape index (κ3) is 3.96. The van der Waals surface area contributed by atoms with Crippen molar-refractivity contribution in [3.63, 3.8) is 0 Å². The van der Waals surface area contributed by atoms with E-state index in [9.17, 15) is 0 Å². The van der Waals surface area contributed by atoms with Crippen molar-refractivity contribution < 1.29 is 42.3 Å². The van der Waals surface area contributed by atoms with E-state index in [-0.39, 0.29) is 49.8 Å². The second kappa shape index (κ2) is 8.49. The Labute approximate surface area is 133 Å². The molecule has 95 valence electrons. The summed E-state index contributed by atoms with van der Waals surface area (Å²) in [6.07, 6.45) is 0. The summed E-state index contributed by atoms with van der Waals surface area (Å²) in [5.74, 6) is 0. The Balaban J connectivity index is 0.00000289. The van der Waals surface area contributed by atoms with E-state index in [4.69, 9.17) is 16.7 Å². The Kier molecular flexibility index (Phi) is 8.20. The van der Waals surface area contributed by atoms with E-state index in [0.717, 1.165) is 0 Å². The smallest absolute Gasteiger partial charge is 0.134 e. The van der Waals surface area contributed by atoms with Gasteiger partial charge in [-0.3, -0.25) is 0 Å². The molecular formula is C8H12N6O2SY. The number of hydrogen-bond donors (Lipinski definition) is 3. The van der Waals surface area contributed by atoms with E-state index in [0.29, 0.717) is 22.6 Å². The molecule has 0 unspecified atom stereocenters. The third-order valence-corrected chi connectivity index (χ3v) is 2.45. The Hall–Kier alpha value is -0.606. The maximum absolute atomic E-state index is 8.42. The molecule has 0 aliphatic rings. The predicted octanol–water partition coefficient (Wildman–Crippen LogP) is 2.77. The fourth-order valence-corrected chi connectivity index (χ4v) is 1.60. The standard InChI is InChI=1S/C8H12N6O2S.Y/c1-11-13-4-3-5(17-16-15)7(10)8(6(4)9)14-12-2;/h3,15H,9-10H2,1-2H3;. The molecule has 0 aliphatic carbocycles. The number of benzene rings is 1. The minimum absolute atomic E-state index is 0. The van der Waals surface area contributed by atoms with Gasteiger partial charge in [-0.25, -0.2) is 5.26 Å². The van der Waals surface area contributed by atoms with Crippen molar-refractivity contribution in [1.29, 1.82) is 0 Å². The van der Waals surface area contributed by atoms with Crippen LogP contribution < -0.4 is 11.5 Å². The first-order chi connectivity index (χ1) is 8.15. The minimum Gasteiger partial charge on any atom is -0.396 e. The molecule has 0 bridgehead atoms. The van der Waals surface area contributed by atoms with Crippen LogP contribution in [0.1, 0.15) is 0 Å². The van der Waals surface area contributed by atoms with E-state index in [1.807, 2.05) is 0 Å². The normalized spacial score (nSPS) is 11.1. The second-order valence-corrected chi connectivity index (χ2v) is 3.58. The van der Waals surface area contributed by atoms with Gasteiger partial charge in [0.2, 0.25) is 0 Å². The topological polar surface area (TPSA) is 131 Å². The van der Waals surface area contributed by atoms with Crippen LogP contribution in [0, 0.1) is 0 Å². The largest absolute Gasteiger partial charge is 0.396 e. The summed E-state index contributed by atoms with van der Waals surface area (Å²) in [7, 11) is 2.99. The fraction of sp³-hybridized carbons (Fsp3) is 0.250. The molecule has 10 heteroatoms. The molecule has 0 saturated carbocycles. The summed E-state index contributed by atoms with van der Waals surface area (Å²) < 4.78 is 3.97. The summed E-state index contributed by atoms with van der Waals surface area (Å²) in [5.41, 5.74) is 12.8. The van der Waals surface area contributed by atoms with Crippen LogP contribution in [0.2, 0.25) is 0 Å². The summed E-state index contributed by atoms with van der Waals surface area (Å²) >= 11 is 0.662. The Morgan fingerprint density at radius 2 is 1.78 bits per heavy atom. The zero-order valence-electron chi connectivity index (χ0n) is 9.86. The van der Waals surface area contributed by atoms with Crippen molar-refractivity contribution >= 4 is 34.8 Å². The molecule has 0 aromatic heterocycles. The Morgan fingerprint density at radius 3 is 2.28 bits per heavy atom. The zero-order valence-corrected chi connectivity index (χ0v) is 13.5. The number of nitrogens with zero attached hydrogens (tertiary/aromatic N) is 4. The van der Waals surface area contributed by atoms with Crippen molar-refractivity contribution in [3.8, 4) is 0 Å². The van der Waals surface area contributed by atoms with Crippen LogP contribution in [0.15, 0.2) is 31.4 Å². The first kappa shape index (κ1) is 17.4. The molecule has 0 saturated heterocycles. The Morgan fingerprint density at radius 1 is 1.17 bits per heavy atom. The van der Waals surface area contributed by atoms with Gasteiger partial charge in [-0.1, -0.05) is 0 Å². The van der Waals surface area contributed by atoms with E-state index >= 15 is 0 Å². The average molecular weight is 345 g/mol. The molecule has 1 rings (SSSR count). The van der Waals surface area contributed by atoms with Gasteiger partial charge in [0, 0.05) is 46.8 Å². The van der Waals surface area contributed by atoms with Crippen molar-refractivity contribution in [2.75, 3.05) is 25.6 Å². The molecular weight excluding hydrogens is 333 g/mol. The summed E-state index contributed by atoms with van der Waals surface area (Å²) in [6, 6.07) is 1.53. The fourth-order valence-electron chi connectivity index (χ4n) is 1.17. The van der Waals surface area contributed by atoms with Crippen LogP contribution >= 0.6 is 12.0 Å². The van der Waals surface area contributed by atoms with Gasteiger partial charge < -0.3 is 11.5 Å². The van der Waals surface area contributed by atoms with Gasteiger partial charge in [0.1, 0.15) is 11.4 Å². The van der Waals surface area contributed by atoms with E-state index in [1.54, 1.807) is 0 Å². The van der Waals surface area contributed by atoms with Crippen LogP contribution in [-0.2, 0) is 37.0 Å². The van der Waals surface area contributed by atoms with E-state index in [1.165, 1.54) is 20.2 Å². The average Bonchev–Trinajstić information content (AvgIpc) is 2.31. The molecule has 5 N–H and O–H groups in total. The number of azo groups is 2. The van der Waals surface area contributed by atoms with Gasteiger partial charge in [0.05, 0.1) is 28.3 Å². The quantitative estimate of drug-likeness (QED) is 0.254. The SMILES string of the molecule is CN=Nc1cc(SOO)c(N)c(N=NC)c1N.[Y]. The molecule has 1 aromatic carbocycles. The number of rotatable bonds is 4. The van der Waals surface area contributed by atoms with Gasteiger partial charge >= 0.3 is 0 Å². The molecule has 0 amide bonds. The van der Waals surface area contributed by atoms with E-state index < -0.39 is 0 Å². The van der Waals surface area contributed by atoms with Gasteiger partial charge in [-0.15, -0.1) is 0 Å². The van der Waals surface area contributed by atoms with Gasteiger partial charge in [-0.05, 0) is 6.07 Å². The molecule has 1 radical (unpaired) electrons. The first-order valence-corrected chi connectivity index (χ1v) is 5.19. The predicted molar refractivity (Wildman–Crippen MR) is 65.7 cm³/mol. The third-order valence-electron chi connectivity index (χ3n) is 1.85. The molecule has 1 aromatic rings. The maximum atomic E-state index is 8.42. The van der Waals surface area contributed by atoms with Gasteiger partial charge in [0.25, 0.3) is 0 Å². The number of nitrogens with two attached hydrogens (primary N) is 2. The zero-order chi connectivity index (χ0) is 12.8. The molecule has 0 heterocycles. The second-order valence-electron chi connectivity index (χ2n) is 2.83.